The van der Waals surface area contributed by atoms with Crippen LogP contribution in [0.4, 0.5) is 5.69 Å². The molecule has 172 valence electrons. The van der Waals surface area contributed by atoms with Gasteiger partial charge in [-0.1, -0.05) is 12.8 Å². The van der Waals surface area contributed by atoms with E-state index in [4.69, 9.17) is 16.6 Å². The topological polar surface area (TPSA) is 86.9 Å². The minimum absolute atomic E-state index is 0.0343. The molecule has 2 aromatic carbocycles. The predicted molar refractivity (Wildman–Crippen MR) is 131 cm³/mol. The monoisotopic (exact) mass is 464 g/mol. The number of rotatable bonds is 5. The van der Waals surface area contributed by atoms with Gasteiger partial charge in [-0.15, -0.1) is 11.6 Å². The number of halogens is 1. The number of nitrogens with one attached hydrogen (secondary N) is 3. The third-order valence-electron chi connectivity index (χ3n) is 6.89. The van der Waals surface area contributed by atoms with Crippen LogP contribution in [-0.2, 0) is 4.79 Å². The Bertz CT molecular complexity index is 1140. The van der Waals surface area contributed by atoms with Crippen molar-refractivity contribution >= 4 is 40.1 Å². The maximum Gasteiger partial charge on any atom is 0.251 e. The molecule has 6 nitrogen and oxygen atoms in total. The summed E-state index contributed by atoms with van der Waals surface area (Å²) >= 11 is 6.15. The van der Waals surface area contributed by atoms with Crippen molar-refractivity contribution in [3.05, 3.63) is 48.0 Å². The number of fused-ring (bicyclic) bond motifs is 1. The van der Waals surface area contributed by atoms with Gasteiger partial charge in [0.1, 0.15) is 5.82 Å². The van der Waals surface area contributed by atoms with Gasteiger partial charge in [0.2, 0.25) is 5.91 Å². The molecule has 0 spiro atoms. The van der Waals surface area contributed by atoms with Crippen molar-refractivity contribution in [2.24, 2.45) is 5.92 Å². The molecule has 7 heteroatoms. The summed E-state index contributed by atoms with van der Waals surface area (Å²) < 4.78 is 0. The number of aromatic amines is 1. The first-order valence-corrected chi connectivity index (χ1v) is 12.3. The molecule has 0 bridgehead atoms. The Morgan fingerprint density at radius 2 is 1.67 bits per heavy atom. The van der Waals surface area contributed by atoms with Crippen molar-refractivity contribution < 1.29 is 9.59 Å². The van der Waals surface area contributed by atoms with E-state index in [0.717, 1.165) is 66.6 Å². The molecule has 1 aromatic heterocycles. The first kappa shape index (κ1) is 22.0. The summed E-state index contributed by atoms with van der Waals surface area (Å²) in [5.41, 5.74) is 3.97. The van der Waals surface area contributed by atoms with E-state index >= 15 is 0 Å². The number of hydrogen-bond acceptors (Lipinski definition) is 3. The van der Waals surface area contributed by atoms with Crippen LogP contribution in [0.1, 0.15) is 61.7 Å². The summed E-state index contributed by atoms with van der Waals surface area (Å²) in [7, 11) is 0. The van der Waals surface area contributed by atoms with E-state index in [2.05, 4.69) is 15.6 Å². The normalized spacial score (nSPS) is 21.2. The molecule has 0 atom stereocenters. The second kappa shape index (κ2) is 9.56. The van der Waals surface area contributed by atoms with E-state index in [1.165, 1.54) is 12.8 Å². The number of anilines is 1. The lowest BCUT2D eigenvalue weighted by Gasteiger charge is -2.24. The fraction of sp³-hybridized carbons (Fsp3) is 0.423. The van der Waals surface area contributed by atoms with Crippen LogP contribution in [0.5, 0.6) is 0 Å². The zero-order valence-electron chi connectivity index (χ0n) is 18.6. The van der Waals surface area contributed by atoms with Crippen molar-refractivity contribution in [3.8, 4) is 11.4 Å². The molecule has 2 saturated carbocycles. The van der Waals surface area contributed by atoms with Crippen LogP contribution < -0.4 is 10.6 Å². The Balaban J connectivity index is 1.26. The van der Waals surface area contributed by atoms with E-state index in [1.807, 2.05) is 42.5 Å². The van der Waals surface area contributed by atoms with Gasteiger partial charge in [-0.3, -0.25) is 9.59 Å². The largest absolute Gasteiger partial charge is 0.349 e. The van der Waals surface area contributed by atoms with Gasteiger partial charge in [-0.05, 0) is 81.0 Å². The Kier molecular flexibility index (Phi) is 6.36. The minimum atomic E-state index is -0.0343. The van der Waals surface area contributed by atoms with Crippen LogP contribution >= 0.6 is 11.6 Å². The first-order valence-electron chi connectivity index (χ1n) is 11.9. The highest BCUT2D eigenvalue weighted by molar-refractivity contribution is 6.20. The average molecular weight is 465 g/mol. The fourth-order valence-corrected chi connectivity index (χ4v) is 5.15. The van der Waals surface area contributed by atoms with Crippen molar-refractivity contribution in [2.45, 2.75) is 62.8 Å². The van der Waals surface area contributed by atoms with Gasteiger partial charge in [-0.2, -0.15) is 0 Å². The van der Waals surface area contributed by atoms with Crippen molar-refractivity contribution in [2.75, 3.05) is 5.32 Å². The highest BCUT2D eigenvalue weighted by atomic mass is 35.5. The molecule has 2 fully saturated rings. The highest BCUT2D eigenvalue weighted by Crippen LogP contribution is 2.29. The molecule has 2 aliphatic rings. The number of aromatic nitrogens is 2. The van der Waals surface area contributed by atoms with Gasteiger partial charge in [0, 0.05) is 34.2 Å². The molecule has 0 aliphatic heterocycles. The summed E-state index contributed by atoms with van der Waals surface area (Å²) in [5, 5.41) is 6.36. The molecule has 2 aliphatic carbocycles. The Morgan fingerprint density at radius 3 is 2.39 bits per heavy atom. The average Bonchev–Trinajstić information content (AvgIpc) is 3.49. The Labute approximate surface area is 198 Å². The lowest BCUT2D eigenvalue weighted by atomic mass is 9.88. The van der Waals surface area contributed by atoms with Crippen molar-refractivity contribution in [1.29, 1.82) is 0 Å². The number of carbonyl (C=O) groups excluding carboxylic acids is 2. The first-order chi connectivity index (χ1) is 16.0. The summed E-state index contributed by atoms with van der Waals surface area (Å²) in [6.45, 7) is 0. The second-order valence-electron chi connectivity index (χ2n) is 9.29. The smallest absolute Gasteiger partial charge is 0.251 e. The lowest BCUT2D eigenvalue weighted by molar-refractivity contribution is -0.120. The van der Waals surface area contributed by atoms with Gasteiger partial charge in [0.05, 0.1) is 11.0 Å². The molecule has 3 aromatic rings. The van der Waals surface area contributed by atoms with Crippen LogP contribution in [0.15, 0.2) is 42.5 Å². The van der Waals surface area contributed by atoms with Gasteiger partial charge in [0.15, 0.2) is 0 Å². The molecule has 0 radical (unpaired) electrons. The van der Waals surface area contributed by atoms with Crippen LogP contribution in [0, 0.1) is 5.92 Å². The molecule has 1 heterocycles. The van der Waals surface area contributed by atoms with Gasteiger partial charge < -0.3 is 15.6 Å². The van der Waals surface area contributed by atoms with Crippen LogP contribution in [0.3, 0.4) is 0 Å². The van der Waals surface area contributed by atoms with Crippen LogP contribution in [0.2, 0.25) is 0 Å². The SMILES string of the molecule is O=C(NC1CCCC1)c1ccc2[nH]c(-c3ccc(NC(=O)C4CCC(Cl)CC4)cc3)nc2c1. The van der Waals surface area contributed by atoms with Crippen LogP contribution in [-0.4, -0.2) is 33.2 Å². The van der Waals surface area contributed by atoms with Gasteiger partial charge in [0.25, 0.3) is 5.91 Å². The third-order valence-corrected chi connectivity index (χ3v) is 7.33. The number of nitrogens with zero attached hydrogens (tertiary/aromatic N) is 1. The molecule has 3 N–H and O–H groups in total. The quantitative estimate of drug-likeness (QED) is 0.427. The molecule has 2 amide bonds. The van der Waals surface area contributed by atoms with E-state index in [-0.39, 0.29) is 29.2 Å². The molecule has 0 saturated heterocycles. The number of carbonyl (C=O) groups is 2. The lowest BCUT2D eigenvalue weighted by Crippen LogP contribution is -2.32. The number of alkyl halides is 1. The number of imidazole rings is 1. The zero-order chi connectivity index (χ0) is 22.8. The van der Waals surface area contributed by atoms with E-state index in [0.29, 0.717) is 5.56 Å². The Hall–Kier alpha value is -2.86. The van der Waals surface area contributed by atoms with Crippen LogP contribution in [0.25, 0.3) is 22.4 Å². The maximum atomic E-state index is 12.6. The second-order valence-corrected chi connectivity index (χ2v) is 9.90. The predicted octanol–water partition coefficient (Wildman–Crippen LogP) is 5.64. The maximum absolute atomic E-state index is 12.6. The van der Waals surface area contributed by atoms with E-state index < -0.39 is 0 Å². The number of H-pyrrole nitrogens is 1. The summed E-state index contributed by atoms with van der Waals surface area (Å²) in [6.07, 6.45) is 7.98. The van der Waals surface area contributed by atoms with Crippen molar-refractivity contribution in [1.82, 2.24) is 15.3 Å². The molecule has 33 heavy (non-hydrogen) atoms. The van der Waals surface area contributed by atoms with Crippen molar-refractivity contribution in [3.63, 3.8) is 0 Å². The number of hydrogen-bond donors (Lipinski definition) is 3. The zero-order valence-corrected chi connectivity index (χ0v) is 19.3. The highest BCUT2D eigenvalue weighted by Gasteiger charge is 2.25. The third kappa shape index (κ3) is 5.06. The van der Waals surface area contributed by atoms with Gasteiger partial charge >= 0.3 is 0 Å². The summed E-state index contributed by atoms with van der Waals surface area (Å²) in [6, 6.07) is 13.5. The van der Waals surface area contributed by atoms with E-state index in [1.54, 1.807) is 0 Å². The molecule has 5 rings (SSSR count). The number of amides is 2. The fourth-order valence-electron chi connectivity index (χ4n) is 4.89. The Morgan fingerprint density at radius 1 is 0.939 bits per heavy atom. The number of benzene rings is 2. The van der Waals surface area contributed by atoms with E-state index in [9.17, 15) is 9.59 Å². The van der Waals surface area contributed by atoms with Gasteiger partial charge in [-0.25, -0.2) is 4.98 Å². The molecular weight excluding hydrogens is 436 g/mol. The molecular formula is C26H29ClN4O2. The minimum Gasteiger partial charge on any atom is -0.349 e. The summed E-state index contributed by atoms with van der Waals surface area (Å²) in [4.78, 5) is 33.1. The standard InChI is InChI=1S/C26H29ClN4O2/c27-19-10-5-17(6-11-19)25(32)29-21-12-7-16(8-13-21)24-30-22-14-9-18(15-23(22)31-24)26(33)28-20-3-1-2-4-20/h7-9,12-15,17,19-20H,1-6,10-11H2,(H,28,33)(H,29,32)(H,30,31). The summed E-state index contributed by atoms with van der Waals surface area (Å²) in [5.74, 6) is 0.804. The molecule has 0 unspecified atom stereocenters.